The van der Waals surface area contributed by atoms with E-state index in [1.807, 2.05) is 25.1 Å². The zero-order valence-electron chi connectivity index (χ0n) is 21.6. The monoisotopic (exact) mass is 486 g/mol. The third kappa shape index (κ3) is 7.97. The molecular formula is C29H42O4S. The summed E-state index contributed by atoms with van der Waals surface area (Å²) in [5.74, 6) is -0.746. The molecule has 0 saturated carbocycles. The van der Waals surface area contributed by atoms with Crippen molar-refractivity contribution in [2.45, 2.75) is 103 Å². The van der Waals surface area contributed by atoms with Gasteiger partial charge >= 0.3 is 5.97 Å². The van der Waals surface area contributed by atoms with Gasteiger partial charge in [0, 0.05) is 6.08 Å². The normalized spacial score (nSPS) is 18.0. The van der Waals surface area contributed by atoms with Gasteiger partial charge in [-0.1, -0.05) is 71.1 Å². The quantitative estimate of drug-likeness (QED) is 0.201. The third-order valence-corrected chi connectivity index (χ3v) is 8.60. The maximum atomic E-state index is 13.1. The molecule has 1 heterocycles. The van der Waals surface area contributed by atoms with Crippen LogP contribution in [0.3, 0.4) is 0 Å². The number of carboxylic acid groups (broad SMARTS) is 1. The summed E-state index contributed by atoms with van der Waals surface area (Å²) in [5.41, 5.74) is 4.63. The number of allylic oxidation sites excluding steroid dienone is 5. The number of unbranched alkanes of at least 4 members (excludes halogenated alkanes) is 5. The second kappa shape index (κ2) is 12.5. The van der Waals surface area contributed by atoms with E-state index in [-0.39, 0.29) is 11.2 Å². The molecule has 4 nitrogen and oxygen atoms in total. The van der Waals surface area contributed by atoms with E-state index in [4.69, 9.17) is 5.11 Å². The zero-order chi connectivity index (χ0) is 25.4. The van der Waals surface area contributed by atoms with Crippen LogP contribution in [0.25, 0.3) is 5.57 Å². The molecular weight excluding hydrogens is 444 g/mol. The molecule has 0 aromatic heterocycles. The molecule has 0 amide bonds. The molecule has 1 aromatic rings. The van der Waals surface area contributed by atoms with Gasteiger partial charge in [-0.3, -0.25) is 0 Å². The Bertz CT molecular complexity index is 1060. The van der Waals surface area contributed by atoms with Gasteiger partial charge in [-0.05, 0) is 84.9 Å². The molecule has 0 radical (unpaired) electrons. The minimum Gasteiger partial charge on any atom is -0.478 e. The fraction of sp³-hybridized carbons (Fsp3) is 0.552. The Morgan fingerprint density at radius 2 is 1.76 bits per heavy atom. The Hall–Kier alpha value is -2.14. The van der Waals surface area contributed by atoms with Crippen LogP contribution in [-0.2, 0) is 26.5 Å². The zero-order valence-corrected chi connectivity index (χ0v) is 22.4. The van der Waals surface area contributed by atoms with Crippen LogP contribution in [0.5, 0.6) is 0 Å². The summed E-state index contributed by atoms with van der Waals surface area (Å²) in [6.45, 7) is 10.3. The molecule has 34 heavy (non-hydrogen) atoms. The van der Waals surface area contributed by atoms with Gasteiger partial charge in [-0.2, -0.15) is 0 Å². The van der Waals surface area contributed by atoms with Crippen molar-refractivity contribution in [3.63, 3.8) is 0 Å². The maximum absolute atomic E-state index is 13.1. The van der Waals surface area contributed by atoms with Crippen molar-refractivity contribution in [3.8, 4) is 0 Å². The highest BCUT2D eigenvalue weighted by Crippen LogP contribution is 2.40. The predicted molar refractivity (Wildman–Crippen MR) is 142 cm³/mol. The molecule has 1 aliphatic heterocycles. The van der Waals surface area contributed by atoms with Crippen molar-refractivity contribution in [1.29, 1.82) is 0 Å². The lowest BCUT2D eigenvalue weighted by atomic mass is 9.78. The van der Waals surface area contributed by atoms with E-state index in [1.54, 1.807) is 13.0 Å². The van der Waals surface area contributed by atoms with E-state index in [0.29, 0.717) is 16.9 Å². The van der Waals surface area contributed by atoms with E-state index >= 15 is 0 Å². The van der Waals surface area contributed by atoms with Crippen LogP contribution < -0.4 is 0 Å². The van der Waals surface area contributed by atoms with Crippen LogP contribution in [-0.4, -0.2) is 25.2 Å². The summed E-state index contributed by atoms with van der Waals surface area (Å²) in [5, 5.41) is 8.91. The highest BCUT2D eigenvalue weighted by molar-refractivity contribution is 7.91. The molecule has 188 valence electrons. The van der Waals surface area contributed by atoms with Crippen molar-refractivity contribution < 1.29 is 18.3 Å². The van der Waals surface area contributed by atoms with Crippen molar-refractivity contribution in [1.82, 2.24) is 0 Å². The Balaban J connectivity index is 2.47. The number of fused-ring (bicyclic) bond motifs is 1. The van der Waals surface area contributed by atoms with Crippen molar-refractivity contribution >= 4 is 21.4 Å². The number of aliphatic carboxylic acids is 1. The van der Waals surface area contributed by atoms with E-state index in [1.165, 1.54) is 31.8 Å². The van der Waals surface area contributed by atoms with Crippen LogP contribution >= 0.6 is 0 Å². The maximum Gasteiger partial charge on any atom is 0.328 e. The molecule has 1 aromatic carbocycles. The predicted octanol–water partition coefficient (Wildman–Crippen LogP) is 7.43. The van der Waals surface area contributed by atoms with E-state index < -0.39 is 15.8 Å². The summed E-state index contributed by atoms with van der Waals surface area (Å²) in [4.78, 5) is 11.4. The number of rotatable bonds is 11. The second-order valence-electron chi connectivity index (χ2n) is 10.3. The molecule has 0 bridgehead atoms. The number of hydrogen-bond donors (Lipinski definition) is 1. The first-order valence-electron chi connectivity index (χ1n) is 12.6. The van der Waals surface area contributed by atoms with Crippen LogP contribution in [0, 0.1) is 0 Å². The standard InChI is InChI=1S/C29H42O4S/c1-6-7-8-9-10-11-16-24-20-27-26(29(4,5)17-13-18-34(27,32)33)21-25(24)23(3)15-12-14-22(2)19-28(30)31/h12,14-15,19-21H,6-11,13,16-18H2,1-5H3,(H,30,31). The van der Waals surface area contributed by atoms with Gasteiger partial charge in [-0.15, -0.1) is 0 Å². The average molecular weight is 487 g/mol. The number of carbonyl (C=O) groups is 1. The van der Waals surface area contributed by atoms with Crippen molar-refractivity contribution in [2.24, 2.45) is 0 Å². The largest absolute Gasteiger partial charge is 0.478 e. The molecule has 5 heteroatoms. The van der Waals surface area contributed by atoms with Gasteiger partial charge in [0.2, 0.25) is 0 Å². The van der Waals surface area contributed by atoms with Crippen molar-refractivity contribution in [3.05, 3.63) is 58.7 Å². The summed E-state index contributed by atoms with van der Waals surface area (Å²) < 4.78 is 26.2. The Labute approximate surface area is 206 Å². The number of hydrogen-bond acceptors (Lipinski definition) is 3. The van der Waals surface area contributed by atoms with Gasteiger partial charge in [0.15, 0.2) is 9.84 Å². The van der Waals surface area contributed by atoms with Crippen LogP contribution in [0.1, 0.15) is 103 Å². The first-order valence-corrected chi connectivity index (χ1v) is 14.3. The number of sulfone groups is 1. The summed E-state index contributed by atoms with van der Waals surface area (Å²) in [6, 6.07) is 4.07. The number of benzene rings is 1. The smallest absolute Gasteiger partial charge is 0.328 e. The molecule has 0 unspecified atom stereocenters. The molecule has 1 aliphatic rings. The third-order valence-electron chi connectivity index (χ3n) is 6.77. The van der Waals surface area contributed by atoms with E-state index in [9.17, 15) is 13.2 Å². The molecule has 2 rings (SSSR count). The van der Waals surface area contributed by atoms with Gasteiger partial charge in [-0.25, -0.2) is 13.2 Å². The molecule has 0 fully saturated rings. The van der Waals surface area contributed by atoms with Gasteiger partial charge in [0.25, 0.3) is 0 Å². The van der Waals surface area contributed by atoms with Gasteiger partial charge in [0.1, 0.15) is 0 Å². The lowest BCUT2D eigenvalue weighted by Crippen LogP contribution is -2.19. The topological polar surface area (TPSA) is 71.4 Å². The second-order valence-corrected chi connectivity index (χ2v) is 12.3. The average Bonchev–Trinajstić information content (AvgIpc) is 2.82. The first kappa shape index (κ1) is 28.1. The highest BCUT2D eigenvalue weighted by Gasteiger charge is 2.33. The molecule has 0 atom stereocenters. The van der Waals surface area contributed by atoms with Gasteiger partial charge < -0.3 is 5.11 Å². The Kier molecular flexibility index (Phi) is 10.4. The molecule has 0 aliphatic carbocycles. The molecule has 1 N–H and O–H groups in total. The fourth-order valence-corrected chi connectivity index (χ4v) is 6.44. The summed E-state index contributed by atoms with van der Waals surface area (Å²) in [7, 11) is -3.29. The van der Waals surface area contributed by atoms with Crippen molar-refractivity contribution in [2.75, 3.05) is 5.75 Å². The van der Waals surface area contributed by atoms with E-state index in [0.717, 1.165) is 47.9 Å². The van der Waals surface area contributed by atoms with Crippen LogP contribution in [0.4, 0.5) is 0 Å². The SMILES string of the molecule is CCCCCCCCc1cc2c(cc1C(C)=CC=CC(C)=CC(=O)O)C(C)(C)CCCS2(=O)=O. The highest BCUT2D eigenvalue weighted by atomic mass is 32.2. The van der Waals surface area contributed by atoms with Crippen LogP contribution in [0.2, 0.25) is 0 Å². The first-order chi connectivity index (χ1) is 16.0. The lowest BCUT2D eigenvalue weighted by molar-refractivity contribution is -0.131. The Morgan fingerprint density at radius 1 is 1.09 bits per heavy atom. The number of carboxylic acids is 1. The Morgan fingerprint density at radius 3 is 2.44 bits per heavy atom. The fourth-order valence-electron chi connectivity index (χ4n) is 4.70. The van der Waals surface area contributed by atoms with Crippen LogP contribution in [0.15, 0.2) is 46.9 Å². The number of aryl methyl sites for hydroxylation is 1. The molecule has 0 saturated heterocycles. The lowest BCUT2D eigenvalue weighted by Gasteiger charge is -2.27. The summed E-state index contributed by atoms with van der Waals surface area (Å²) in [6.07, 6.45) is 16.4. The minimum atomic E-state index is -3.29. The molecule has 0 spiro atoms. The van der Waals surface area contributed by atoms with E-state index in [2.05, 4.69) is 26.8 Å². The van der Waals surface area contributed by atoms with Gasteiger partial charge in [0.05, 0.1) is 10.6 Å². The minimum absolute atomic E-state index is 0.205. The summed E-state index contributed by atoms with van der Waals surface area (Å²) >= 11 is 0.